The molecule has 0 spiro atoms. The normalized spacial score (nSPS) is 12.7. The third kappa shape index (κ3) is 4.12. The molecular formula is C12H17N3O3. The number of aryl methyl sites for hydroxylation is 1. The second kappa shape index (κ2) is 5.57. The first kappa shape index (κ1) is 14.1. The fourth-order valence-corrected chi connectivity index (χ4v) is 1.33. The Hall–Kier alpha value is -1.98. The van der Waals surface area contributed by atoms with Gasteiger partial charge in [0.05, 0.1) is 11.4 Å². The van der Waals surface area contributed by atoms with Crippen LogP contribution < -0.4 is 5.32 Å². The van der Waals surface area contributed by atoms with Crippen molar-refractivity contribution in [1.82, 2.24) is 15.3 Å². The Morgan fingerprint density at radius 1 is 1.39 bits per heavy atom. The van der Waals surface area contributed by atoms with Gasteiger partial charge in [0, 0.05) is 12.4 Å². The summed E-state index contributed by atoms with van der Waals surface area (Å²) in [5.74, 6) is 0. The van der Waals surface area contributed by atoms with Crippen molar-refractivity contribution >= 4 is 12.4 Å². The number of amides is 1. The van der Waals surface area contributed by atoms with E-state index in [9.17, 15) is 9.59 Å². The van der Waals surface area contributed by atoms with Crippen LogP contribution in [0.2, 0.25) is 0 Å². The minimum Gasteiger partial charge on any atom is -0.444 e. The van der Waals surface area contributed by atoms with Gasteiger partial charge in [-0.3, -0.25) is 9.97 Å². The minimum absolute atomic E-state index is 0.415. The molecule has 0 radical (unpaired) electrons. The fourth-order valence-electron chi connectivity index (χ4n) is 1.33. The zero-order chi connectivity index (χ0) is 13.8. The molecule has 1 atom stereocenters. The third-order valence-electron chi connectivity index (χ3n) is 2.02. The molecule has 98 valence electrons. The number of carbonyl (C=O) groups excluding carboxylic acids is 2. The Bertz CT molecular complexity index is 440. The summed E-state index contributed by atoms with van der Waals surface area (Å²) in [6.07, 6.45) is 2.93. The lowest BCUT2D eigenvalue weighted by Gasteiger charge is -2.21. The largest absolute Gasteiger partial charge is 0.444 e. The molecular weight excluding hydrogens is 234 g/mol. The van der Waals surface area contributed by atoms with Crippen molar-refractivity contribution in [3.05, 3.63) is 23.8 Å². The summed E-state index contributed by atoms with van der Waals surface area (Å²) in [6, 6.07) is -0.853. The molecule has 0 aliphatic carbocycles. The van der Waals surface area contributed by atoms with Gasteiger partial charge in [-0.1, -0.05) is 0 Å². The smallest absolute Gasteiger partial charge is 0.408 e. The van der Waals surface area contributed by atoms with Crippen molar-refractivity contribution in [2.45, 2.75) is 39.3 Å². The molecule has 6 nitrogen and oxygen atoms in total. The van der Waals surface area contributed by atoms with Crippen molar-refractivity contribution in [3.63, 3.8) is 0 Å². The Labute approximate surface area is 106 Å². The molecule has 0 bridgehead atoms. The number of aldehydes is 1. The summed E-state index contributed by atoms with van der Waals surface area (Å²) >= 11 is 0. The molecule has 6 heteroatoms. The number of rotatable bonds is 3. The number of carbonyl (C=O) groups is 2. The van der Waals surface area contributed by atoms with E-state index in [1.165, 1.54) is 12.4 Å². The molecule has 0 aliphatic rings. The molecule has 1 aromatic rings. The molecule has 1 N–H and O–H groups in total. The lowest BCUT2D eigenvalue weighted by atomic mass is 10.2. The highest BCUT2D eigenvalue weighted by molar-refractivity contribution is 5.74. The number of nitrogens with one attached hydrogen (secondary N) is 1. The van der Waals surface area contributed by atoms with E-state index in [0.29, 0.717) is 17.7 Å². The molecule has 1 aromatic heterocycles. The summed E-state index contributed by atoms with van der Waals surface area (Å²) in [6.45, 7) is 6.96. The Morgan fingerprint density at radius 3 is 2.50 bits per heavy atom. The average Bonchev–Trinajstić information content (AvgIpc) is 2.24. The fraction of sp³-hybridized carbons (Fsp3) is 0.500. The zero-order valence-corrected chi connectivity index (χ0v) is 10.9. The predicted octanol–water partition coefficient (Wildman–Crippen LogP) is 1.55. The average molecular weight is 251 g/mol. The summed E-state index contributed by atoms with van der Waals surface area (Å²) < 4.78 is 5.07. The van der Waals surface area contributed by atoms with Crippen LogP contribution in [-0.4, -0.2) is 27.9 Å². The highest BCUT2D eigenvalue weighted by atomic mass is 16.6. The van der Waals surface area contributed by atoms with Gasteiger partial charge in [0.2, 0.25) is 0 Å². The molecule has 1 heterocycles. The summed E-state index contributed by atoms with van der Waals surface area (Å²) in [5.41, 5.74) is 0.388. The van der Waals surface area contributed by atoms with E-state index < -0.39 is 17.7 Å². The Balaban J connectivity index is 2.78. The van der Waals surface area contributed by atoms with Crippen LogP contribution in [0.15, 0.2) is 12.4 Å². The van der Waals surface area contributed by atoms with E-state index in [2.05, 4.69) is 15.3 Å². The van der Waals surface area contributed by atoms with Crippen molar-refractivity contribution in [2.24, 2.45) is 0 Å². The number of hydrogen-bond donors (Lipinski definition) is 1. The highest BCUT2D eigenvalue weighted by Crippen LogP contribution is 2.12. The van der Waals surface area contributed by atoms with Gasteiger partial charge >= 0.3 is 6.09 Å². The zero-order valence-electron chi connectivity index (χ0n) is 10.9. The maximum absolute atomic E-state index is 11.6. The van der Waals surface area contributed by atoms with Crippen molar-refractivity contribution < 1.29 is 14.3 Å². The van der Waals surface area contributed by atoms with E-state index in [1.807, 2.05) is 0 Å². The molecule has 0 aromatic carbocycles. The van der Waals surface area contributed by atoms with E-state index in [4.69, 9.17) is 4.74 Å². The summed E-state index contributed by atoms with van der Waals surface area (Å²) in [7, 11) is 0. The molecule has 18 heavy (non-hydrogen) atoms. The van der Waals surface area contributed by atoms with Gasteiger partial charge in [-0.2, -0.15) is 0 Å². The van der Waals surface area contributed by atoms with Crippen LogP contribution in [0, 0.1) is 6.92 Å². The van der Waals surface area contributed by atoms with Crippen LogP contribution in [0.1, 0.15) is 38.2 Å². The SMILES string of the molecule is Cc1nccnc1C(C=O)NC(=O)OC(C)(C)C. The number of ether oxygens (including phenoxy) is 1. The Morgan fingerprint density at radius 2 is 2.00 bits per heavy atom. The molecule has 0 saturated carbocycles. The van der Waals surface area contributed by atoms with E-state index in [0.717, 1.165) is 0 Å². The first-order valence-corrected chi connectivity index (χ1v) is 5.56. The van der Waals surface area contributed by atoms with Gasteiger partial charge in [-0.25, -0.2) is 4.79 Å². The first-order chi connectivity index (χ1) is 8.33. The lowest BCUT2D eigenvalue weighted by Crippen LogP contribution is -2.36. The van der Waals surface area contributed by atoms with Gasteiger partial charge in [-0.05, 0) is 27.7 Å². The molecule has 0 fully saturated rings. The second-order valence-corrected chi connectivity index (χ2v) is 4.79. The standard InChI is InChI=1S/C12H17N3O3/c1-8-10(14-6-5-13-8)9(7-16)15-11(17)18-12(2,3)4/h5-7,9H,1-4H3,(H,15,17). The lowest BCUT2D eigenvalue weighted by molar-refractivity contribution is -0.109. The number of hydrogen-bond acceptors (Lipinski definition) is 5. The van der Waals surface area contributed by atoms with Gasteiger partial charge < -0.3 is 14.8 Å². The highest BCUT2D eigenvalue weighted by Gasteiger charge is 2.22. The molecule has 0 saturated heterocycles. The van der Waals surface area contributed by atoms with Gasteiger partial charge in [0.1, 0.15) is 17.9 Å². The number of nitrogens with zero attached hydrogens (tertiary/aromatic N) is 2. The van der Waals surface area contributed by atoms with E-state index >= 15 is 0 Å². The van der Waals surface area contributed by atoms with Crippen LogP contribution in [0.5, 0.6) is 0 Å². The maximum atomic E-state index is 11.6. The van der Waals surface area contributed by atoms with Crippen molar-refractivity contribution in [3.8, 4) is 0 Å². The van der Waals surface area contributed by atoms with Crippen LogP contribution >= 0.6 is 0 Å². The molecule has 0 aliphatic heterocycles. The molecule has 1 amide bonds. The van der Waals surface area contributed by atoms with Crippen LogP contribution in [0.25, 0.3) is 0 Å². The predicted molar refractivity (Wildman–Crippen MR) is 64.9 cm³/mol. The van der Waals surface area contributed by atoms with Gasteiger partial charge in [0.25, 0.3) is 0 Å². The third-order valence-corrected chi connectivity index (χ3v) is 2.02. The first-order valence-electron chi connectivity index (χ1n) is 5.56. The topological polar surface area (TPSA) is 81.2 Å². The van der Waals surface area contributed by atoms with Crippen LogP contribution in [0.3, 0.4) is 0 Å². The van der Waals surface area contributed by atoms with Crippen LogP contribution in [-0.2, 0) is 9.53 Å². The van der Waals surface area contributed by atoms with Gasteiger partial charge in [0.15, 0.2) is 0 Å². The van der Waals surface area contributed by atoms with E-state index in [1.54, 1.807) is 27.7 Å². The molecule has 1 rings (SSSR count). The quantitative estimate of drug-likeness (QED) is 0.824. The number of aromatic nitrogens is 2. The monoisotopic (exact) mass is 251 g/mol. The minimum atomic E-state index is -0.853. The Kier molecular flexibility index (Phi) is 4.36. The summed E-state index contributed by atoms with van der Waals surface area (Å²) in [4.78, 5) is 30.6. The second-order valence-electron chi connectivity index (χ2n) is 4.79. The van der Waals surface area contributed by atoms with E-state index in [-0.39, 0.29) is 0 Å². The van der Waals surface area contributed by atoms with Crippen molar-refractivity contribution in [2.75, 3.05) is 0 Å². The maximum Gasteiger partial charge on any atom is 0.408 e. The summed E-state index contributed by atoms with van der Waals surface area (Å²) in [5, 5.41) is 2.45. The molecule has 1 unspecified atom stereocenters. The number of alkyl carbamates (subject to hydrolysis) is 1. The van der Waals surface area contributed by atoms with Crippen LogP contribution in [0.4, 0.5) is 4.79 Å². The van der Waals surface area contributed by atoms with Crippen molar-refractivity contribution in [1.29, 1.82) is 0 Å². The van der Waals surface area contributed by atoms with Gasteiger partial charge in [-0.15, -0.1) is 0 Å².